The first-order chi connectivity index (χ1) is 8.70. The van der Waals surface area contributed by atoms with Gasteiger partial charge in [-0.05, 0) is 18.2 Å². The molecule has 0 saturated heterocycles. The Morgan fingerprint density at radius 2 is 2.28 bits per heavy atom. The monoisotopic (exact) mass is 326 g/mol. The van der Waals surface area contributed by atoms with E-state index in [1.165, 1.54) is 25.2 Å². The number of carbonyl (C=O) groups is 1. The summed E-state index contributed by atoms with van der Waals surface area (Å²) in [4.78, 5) is 19.5. The second kappa shape index (κ2) is 6.15. The summed E-state index contributed by atoms with van der Waals surface area (Å²) in [6.45, 7) is 0. The molecule has 18 heavy (non-hydrogen) atoms. The minimum absolute atomic E-state index is 0.206. The highest BCUT2D eigenvalue weighted by molar-refractivity contribution is 9.10. The molecule has 1 heterocycles. The Hall–Kier alpha value is -1.14. The molecule has 1 aromatic heterocycles. The van der Waals surface area contributed by atoms with E-state index in [4.69, 9.17) is 0 Å². The smallest absolute Gasteiger partial charge is 0.306 e. The van der Waals surface area contributed by atoms with Crippen molar-refractivity contribution < 1.29 is 9.53 Å². The van der Waals surface area contributed by atoms with Gasteiger partial charge in [-0.3, -0.25) is 4.79 Å². The summed E-state index contributed by atoms with van der Waals surface area (Å²) >= 11 is 4.96. The van der Waals surface area contributed by atoms with Crippen molar-refractivity contribution >= 4 is 44.6 Å². The van der Waals surface area contributed by atoms with E-state index >= 15 is 0 Å². The Morgan fingerprint density at radius 3 is 3.06 bits per heavy atom. The number of hydrogen-bond donors (Lipinski definition) is 0. The van der Waals surface area contributed by atoms with Gasteiger partial charge in [0.15, 0.2) is 0 Å². The van der Waals surface area contributed by atoms with E-state index in [0.717, 1.165) is 20.4 Å². The number of carbonyl (C=O) groups excluding carboxylic acids is 1. The number of halogens is 1. The van der Waals surface area contributed by atoms with Crippen molar-refractivity contribution in [3.8, 4) is 0 Å². The fraction of sp³-hybridized carbons (Fsp3) is 0.250. The lowest BCUT2D eigenvalue weighted by Crippen LogP contribution is -2.01. The summed E-state index contributed by atoms with van der Waals surface area (Å²) in [7, 11) is 1.39. The van der Waals surface area contributed by atoms with Crippen LogP contribution >= 0.6 is 27.7 Å². The number of benzene rings is 1. The van der Waals surface area contributed by atoms with Gasteiger partial charge in [0.25, 0.3) is 0 Å². The largest absolute Gasteiger partial charge is 0.469 e. The van der Waals surface area contributed by atoms with Crippen LogP contribution in [0.1, 0.15) is 6.42 Å². The Balaban J connectivity index is 2.17. The molecule has 1 aromatic carbocycles. The van der Waals surface area contributed by atoms with Gasteiger partial charge in [-0.25, -0.2) is 9.97 Å². The van der Waals surface area contributed by atoms with E-state index in [1.54, 1.807) is 0 Å². The van der Waals surface area contributed by atoms with Gasteiger partial charge in [0.1, 0.15) is 11.4 Å². The van der Waals surface area contributed by atoms with E-state index in [-0.39, 0.29) is 5.97 Å². The normalized spacial score (nSPS) is 10.6. The second-order valence-electron chi connectivity index (χ2n) is 3.51. The number of rotatable bonds is 4. The Morgan fingerprint density at radius 1 is 1.44 bits per heavy atom. The minimum Gasteiger partial charge on any atom is -0.469 e. The van der Waals surface area contributed by atoms with Gasteiger partial charge < -0.3 is 4.74 Å². The van der Waals surface area contributed by atoms with Crippen LogP contribution in [0.2, 0.25) is 0 Å². The maximum Gasteiger partial charge on any atom is 0.306 e. The highest BCUT2D eigenvalue weighted by Gasteiger charge is 2.06. The number of fused-ring (bicyclic) bond motifs is 1. The molecule has 0 N–H and O–H groups in total. The summed E-state index contributed by atoms with van der Waals surface area (Å²) in [6.07, 6.45) is 1.91. The highest BCUT2D eigenvalue weighted by Crippen LogP contribution is 2.27. The van der Waals surface area contributed by atoms with Crippen LogP contribution in [0.25, 0.3) is 10.9 Å². The van der Waals surface area contributed by atoms with Gasteiger partial charge in [-0.2, -0.15) is 0 Å². The molecular formula is C12H11BrN2O2S. The summed E-state index contributed by atoms with van der Waals surface area (Å²) in [5, 5.41) is 1.87. The molecule has 0 spiro atoms. The van der Waals surface area contributed by atoms with Gasteiger partial charge in [-0.15, -0.1) is 11.8 Å². The zero-order chi connectivity index (χ0) is 13.0. The van der Waals surface area contributed by atoms with Gasteiger partial charge >= 0.3 is 5.97 Å². The number of aromatic nitrogens is 2. The quantitative estimate of drug-likeness (QED) is 0.491. The molecule has 6 heteroatoms. The zero-order valence-electron chi connectivity index (χ0n) is 9.72. The van der Waals surface area contributed by atoms with Crippen LogP contribution in [0.5, 0.6) is 0 Å². The summed E-state index contributed by atoms with van der Waals surface area (Å²) < 4.78 is 5.59. The third-order valence-electron chi connectivity index (χ3n) is 2.33. The maximum absolute atomic E-state index is 11.0. The molecule has 0 fully saturated rings. The Labute approximate surface area is 117 Å². The van der Waals surface area contributed by atoms with Crippen LogP contribution in [0.3, 0.4) is 0 Å². The van der Waals surface area contributed by atoms with Crippen molar-refractivity contribution in [2.75, 3.05) is 12.9 Å². The van der Waals surface area contributed by atoms with Crippen LogP contribution in [0.4, 0.5) is 0 Å². The van der Waals surface area contributed by atoms with Gasteiger partial charge in [-0.1, -0.05) is 15.9 Å². The maximum atomic E-state index is 11.0. The van der Waals surface area contributed by atoms with E-state index in [9.17, 15) is 4.79 Å². The molecule has 0 unspecified atom stereocenters. The third kappa shape index (κ3) is 3.20. The molecule has 0 bridgehead atoms. The van der Waals surface area contributed by atoms with Crippen molar-refractivity contribution in [2.24, 2.45) is 0 Å². The number of nitrogens with zero attached hydrogens (tertiary/aromatic N) is 2. The standard InChI is InChI=1S/C12H11BrN2O2S/c1-17-11(16)4-5-18-12-9-6-8(13)2-3-10(9)14-7-15-12/h2-3,6-7H,4-5H2,1H3. The Bertz CT molecular complexity index is 577. The molecular weight excluding hydrogens is 316 g/mol. The molecule has 94 valence electrons. The van der Waals surface area contributed by atoms with Crippen molar-refractivity contribution in [2.45, 2.75) is 11.4 Å². The van der Waals surface area contributed by atoms with E-state index < -0.39 is 0 Å². The molecule has 0 saturated carbocycles. The number of esters is 1. The molecule has 2 aromatic rings. The second-order valence-corrected chi connectivity index (χ2v) is 5.51. The van der Waals surface area contributed by atoms with E-state index in [2.05, 4.69) is 30.6 Å². The van der Waals surface area contributed by atoms with Crippen LogP contribution in [0, 0.1) is 0 Å². The summed E-state index contributed by atoms with van der Waals surface area (Å²) in [6, 6.07) is 5.86. The van der Waals surface area contributed by atoms with Crippen molar-refractivity contribution in [3.63, 3.8) is 0 Å². The lowest BCUT2D eigenvalue weighted by molar-refractivity contribution is -0.140. The lowest BCUT2D eigenvalue weighted by Gasteiger charge is -2.04. The molecule has 0 aliphatic heterocycles. The molecule has 0 aliphatic carbocycles. The SMILES string of the molecule is COC(=O)CCSc1ncnc2ccc(Br)cc12. The molecule has 0 aliphatic rings. The van der Waals surface area contributed by atoms with Crippen LogP contribution < -0.4 is 0 Å². The fourth-order valence-electron chi connectivity index (χ4n) is 1.45. The first kappa shape index (κ1) is 13.3. The fourth-order valence-corrected chi connectivity index (χ4v) is 2.72. The molecule has 0 radical (unpaired) electrons. The van der Waals surface area contributed by atoms with Crippen molar-refractivity contribution in [1.82, 2.24) is 9.97 Å². The number of methoxy groups -OCH3 is 1. The predicted octanol–water partition coefficient (Wildman–Crippen LogP) is 3.05. The Kier molecular flexibility index (Phi) is 4.54. The van der Waals surface area contributed by atoms with Crippen LogP contribution in [0.15, 0.2) is 34.0 Å². The van der Waals surface area contributed by atoms with Crippen LogP contribution in [-0.2, 0) is 9.53 Å². The number of ether oxygens (including phenoxy) is 1. The summed E-state index contributed by atoms with van der Waals surface area (Å²) in [5.41, 5.74) is 0.897. The van der Waals surface area contributed by atoms with Gasteiger partial charge in [0, 0.05) is 15.6 Å². The highest BCUT2D eigenvalue weighted by atomic mass is 79.9. The average Bonchev–Trinajstić information content (AvgIpc) is 2.39. The number of thioether (sulfide) groups is 1. The average molecular weight is 327 g/mol. The van der Waals surface area contributed by atoms with Crippen molar-refractivity contribution in [1.29, 1.82) is 0 Å². The summed E-state index contributed by atoms with van der Waals surface area (Å²) in [5.74, 6) is 0.438. The minimum atomic E-state index is -0.206. The predicted molar refractivity (Wildman–Crippen MR) is 74.6 cm³/mol. The molecule has 0 amide bonds. The third-order valence-corrected chi connectivity index (χ3v) is 3.83. The number of hydrogen-bond acceptors (Lipinski definition) is 5. The topological polar surface area (TPSA) is 52.1 Å². The van der Waals surface area contributed by atoms with E-state index in [0.29, 0.717) is 12.2 Å². The molecule has 2 rings (SSSR count). The van der Waals surface area contributed by atoms with E-state index in [1.807, 2.05) is 18.2 Å². The first-order valence-electron chi connectivity index (χ1n) is 5.30. The van der Waals surface area contributed by atoms with Gasteiger partial charge in [0.05, 0.1) is 19.0 Å². The lowest BCUT2D eigenvalue weighted by atomic mass is 10.2. The van der Waals surface area contributed by atoms with Crippen molar-refractivity contribution in [3.05, 3.63) is 29.0 Å². The molecule has 4 nitrogen and oxygen atoms in total. The zero-order valence-corrected chi connectivity index (χ0v) is 12.1. The molecule has 0 atom stereocenters. The van der Waals surface area contributed by atoms with Gasteiger partial charge in [0.2, 0.25) is 0 Å². The first-order valence-corrected chi connectivity index (χ1v) is 7.08. The van der Waals surface area contributed by atoms with Crippen LogP contribution in [-0.4, -0.2) is 28.8 Å².